The molecule has 1 aliphatic heterocycles. The van der Waals surface area contributed by atoms with Crippen LogP contribution in [0, 0.1) is 0 Å². The van der Waals surface area contributed by atoms with Crippen molar-refractivity contribution in [3.8, 4) is 0 Å². The van der Waals surface area contributed by atoms with E-state index in [-0.39, 0.29) is 0 Å². The molecule has 0 aromatic carbocycles. The SMILES string of the molecule is CN(C)C=NC1CCNC1. The molecule has 1 rings (SSSR count). The van der Waals surface area contributed by atoms with Crippen LogP contribution in [-0.2, 0) is 0 Å². The molecular formula is C7H15N3. The van der Waals surface area contributed by atoms with Crippen LogP contribution in [0.5, 0.6) is 0 Å². The zero-order valence-corrected chi connectivity index (χ0v) is 6.67. The number of hydrogen-bond acceptors (Lipinski definition) is 2. The topological polar surface area (TPSA) is 27.6 Å². The fraction of sp³-hybridized carbons (Fsp3) is 0.857. The molecule has 0 radical (unpaired) electrons. The Balaban J connectivity index is 2.23. The molecule has 1 heterocycles. The quantitative estimate of drug-likeness (QED) is 0.431. The molecule has 1 N–H and O–H groups in total. The summed E-state index contributed by atoms with van der Waals surface area (Å²) in [7, 11) is 3.98. The second kappa shape index (κ2) is 3.56. The van der Waals surface area contributed by atoms with Gasteiger partial charge < -0.3 is 10.2 Å². The fourth-order valence-electron chi connectivity index (χ4n) is 0.994. The summed E-state index contributed by atoms with van der Waals surface area (Å²) in [6, 6.07) is 0.516. The number of nitrogens with zero attached hydrogens (tertiary/aromatic N) is 2. The lowest BCUT2D eigenvalue weighted by atomic mass is 10.3. The van der Waals surface area contributed by atoms with E-state index in [0.29, 0.717) is 6.04 Å². The van der Waals surface area contributed by atoms with Crippen molar-refractivity contribution in [2.45, 2.75) is 12.5 Å². The Morgan fingerprint density at radius 3 is 2.90 bits per heavy atom. The van der Waals surface area contributed by atoms with Gasteiger partial charge in [0.1, 0.15) is 0 Å². The standard InChI is InChI=1S/C7H15N3/c1-10(2)6-9-7-3-4-8-5-7/h6-8H,3-5H2,1-2H3. The molecule has 0 bridgehead atoms. The van der Waals surface area contributed by atoms with Gasteiger partial charge in [-0.2, -0.15) is 0 Å². The van der Waals surface area contributed by atoms with Crippen LogP contribution in [0.25, 0.3) is 0 Å². The van der Waals surface area contributed by atoms with Gasteiger partial charge >= 0.3 is 0 Å². The first-order chi connectivity index (χ1) is 4.79. The van der Waals surface area contributed by atoms with Gasteiger partial charge in [0.25, 0.3) is 0 Å². The molecule has 0 aromatic rings. The Bertz CT molecular complexity index is 114. The molecule has 10 heavy (non-hydrogen) atoms. The average Bonchev–Trinajstić information content (AvgIpc) is 2.34. The third-order valence-electron chi connectivity index (χ3n) is 1.54. The van der Waals surface area contributed by atoms with E-state index in [0.717, 1.165) is 13.1 Å². The fourth-order valence-corrected chi connectivity index (χ4v) is 0.994. The van der Waals surface area contributed by atoms with Crippen LogP contribution in [-0.4, -0.2) is 44.5 Å². The summed E-state index contributed by atoms with van der Waals surface area (Å²) in [6.07, 6.45) is 3.07. The lowest BCUT2D eigenvalue weighted by Crippen LogP contribution is -2.14. The van der Waals surface area contributed by atoms with E-state index in [1.807, 2.05) is 25.3 Å². The normalized spacial score (nSPS) is 26.0. The minimum atomic E-state index is 0.516. The Kier molecular flexibility index (Phi) is 2.68. The first-order valence-corrected chi connectivity index (χ1v) is 3.69. The van der Waals surface area contributed by atoms with Crippen molar-refractivity contribution in [2.24, 2.45) is 4.99 Å². The largest absolute Gasteiger partial charge is 0.369 e. The molecule has 3 heteroatoms. The smallest absolute Gasteiger partial charge is 0.0848 e. The maximum atomic E-state index is 4.36. The van der Waals surface area contributed by atoms with Gasteiger partial charge in [-0.25, -0.2) is 0 Å². The maximum absolute atomic E-state index is 4.36. The molecule has 0 amide bonds. The summed E-state index contributed by atoms with van der Waals surface area (Å²) in [5, 5.41) is 3.26. The number of nitrogens with one attached hydrogen (secondary N) is 1. The van der Waals surface area contributed by atoms with Gasteiger partial charge in [-0.05, 0) is 13.0 Å². The van der Waals surface area contributed by atoms with Crippen molar-refractivity contribution >= 4 is 6.34 Å². The van der Waals surface area contributed by atoms with Gasteiger partial charge in [0.2, 0.25) is 0 Å². The molecule has 1 fully saturated rings. The van der Waals surface area contributed by atoms with Crippen molar-refractivity contribution in [2.75, 3.05) is 27.2 Å². The highest BCUT2D eigenvalue weighted by atomic mass is 15.1. The van der Waals surface area contributed by atoms with Crippen LogP contribution < -0.4 is 5.32 Å². The molecule has 0 saturated carbocycles. The Morgan fingerprint density at radius 1 is 1.60 bits per heavy atom. The molecule has 0 aliphatic carbocycles. The third-order valence-corrected chi connectivity index (χ3v) is 1.54. The van der Waals surface area contributed by atoms with Gasteiger partial charge in [-0.15, -0.1) is 0 Å². The maximum Gasteiger partial charge on any atom is 0.0848 e. The molecule has 3 nitrogen and oxygen atoms in total. The Labute approximate surface area is 62.1 Å². The molecule has 1 saturated heterocycles. The van der Waals surface area contributed by atoms with Crippen molar-refractivity contribution in [3.63, 3.8) is 0 Å². The van der Waals surface area contributed by atoms with Crippen LogP contribution in [0.15, 0.2) is 4.99 Å². The highest BCUT2D eigenvalue weighted by molar-refractivity contribution is 5.54. The first kappa shape index (κ1) is 7.54. The predicted octanol–water partition coefficient (Wildman–Crippen LogP) is -0.0618. The van der Waals surface area contributed by atoms with E-state index in [2.05, 4.69) is 10.3 Å². The molecule has 1 aliphatic rings. The zero-order valence-electron chi connectivity index (χ0n) is 6.67. The van der Waals surface area contributed by atoms with Gasteiger partial charge in [-0.1, -0.05) is 0 Å². The summed E-state index contributed by atoms with van der Waals surface area (Å²) in [5.41, 5.74) is 0. The molecular weight excluding hydrogens is 126 g/mol. The van der Waals surface area contributed by atoms with Gasteiger partial charge in [-0.3, -0.25) is 4.99 Å². The second-order valence-electron chi connectivity index (χ2n) is 2.87. The van der Waals surface area contributed by atoms with Gasteiger partial charge in [0, 0.05) is 20.6 Å². The average molecular weight is 141 g/mol. The van der Waals surface area contributed by atoms with E-state index >= 15 is 0 Å². The van der Waals surface area contributed by atoms with E-state index < -0.39 is 0 Å². The van der Waals surface area contributed by atoms with Crippen molar-refractivity contribution < 1.29 is 0 Å². The van der Waals surface area contributed by atoms with E-state index in [1.54, 1.807) is 0 Å². The van der Waals surface area contributed by atoms with Crippen LogP contribution >= 0.6 is 0 Å². The minimum absolute atomic E-state index is 0.516. The highest BCUT2D eigenvalue weighted by Gasteiger charge is 2.11. The van der Waals surface area contributed by atoms with E-state index in [1.165, 1.54) is 6.42 Å². The summed E-state index contributed by atoms with van der Waals surface area (Å²) in [5.74, 6) is 0. The third kappa shape index (κ3) is 2.35. The predicted molar refractivity (Wildman–Crippen MR) is 43.5 cm³/mol. The second-order valence-corrected chi connectivity index (χ2v) is 2.87. The van der Waals surface area contributed by atoms with Gasteiger partial charge in [0.15, 0.2) is 0 Å². The van der Waals surface area contributed by atoms with E-state index in [4.69, 9.17) is 0 Å². The number of rotatable bonds is 2. The number of hydrogen-bond donors (Lipinski definition) is 1. The first-order valence-electron chi connectivity index (χ1n) is 3.69. The zero-order chi connectivity index (χ0) is 7.40. The molecule has 1 unspecified atom stereocenters. The Hall–Kier alpha value is -0.570. The monoisotopic (exact) mass is 141 g/mol. The summed E-state index contributed by atoms with van der Waals surface area (Å²) in [4.78, 5) is 6.33. The molecule has 0 aromatic heterocycles. The highest BCUT2D eigenvalue weighted by Crippen LogP contribution is 2.00. The van der Waals surface area contributed by atoms with Gasteiger partial charge in [0.05, 0.1) is 12.4 Å². The van der Waals surface area contributed by atoms with Crippen LogP contribution in [0.4, 0.5) is 0 Å². The summed E-state index contributed by atoms with van der Waals surface area (Å²) < 4.78 is 0. The van der Waals surface area contributed by atoms with Crippen LogP contribution in [0.2, 0.25) is 0 Å². The lowest BCUT2D eigenvalue weighted by molar-refractivity contribution is 0.625. The molecule has 0 spiro atoms. The summed E-state index contributed by atoms with van der Waals surface area (Å²) >= 11 is 0. The minimum Gasteiger partial charge on any atom is -0.369 e. The molecule has 1 atom stereocenters. The van der Waals surface area contributed by atoms with Crippen molar-refractivity contribution in [1.29, 1.82) is 0 Å². The summed E-state index contributed by atoms with van der Waals surface area (Å²) in [6.45, 7) is 2.17. The van der Waals surface area contributed by atoms with Crippen molar-refractivity contribution in [1.82, 2.24) is 10.2 Å². The lowest BCUT2D eigenvalue weighted by Gasteiger charge is -2.05. The molecule has 58 valence electrons. The van der Waals surface area contributed by atoms with Crippen LogP contribution in [0.1, 0.15) is 6.42 Å². The Morgan fingerprint density at radius 2 is 2.40 bits per heavy atom. The van der Waals surface area contributed by atoms with Crippen molar-refractivity contribution in [3.05, 3.63) is 0 Å². The van der Waals surface area contributed by atoms with Crippen LogP contribution in [0.3, 0.4) is 0 Å². The van der Waals surface area contributed by atoms with E-state index in [9.17, 15) is 0 Å². The number of aliphatic imine (C=N–C) groups is 1.